The molecule has 0 bridgehead atoms. The molecule has 0 aliphatic carbocycles. The van der Waals surface area contributed by atoms with E-state index in [0.29, 0.717) is 40.9 Å². The van der Waals surface area contributed by atoms with Gasteiger partial charge in [-0.25, -0.2) is 0 Å². The lowest BCUT2D eigenvalue weighted by molar-refractivity contribution is 0.102. The van der Waals surface area contributed by atoms with Gasteiger partial charge in [-0.2, -0.15) is 5.10 Å². The van der Waals surface area contributed by atoms with Crippen LogP contribution in [0, 0.1) is 6.92 Å². The minimum atomic E-state index is -0.332. The van der Waals surface area contributed by atoms with Crippen molar-refractivity contribution in [2.75, 3.05) is 19.0 Å². The number of hydrogen-bond donors (Lipinski definition) is 2. The van der Waals surface area contributed by atoms with Gasteiger partial charge in [0.05, 0.1) is 17.9 Å². The molecule has 0 atom stereocenters. The molecule has 0 radical (unpaired) electrons. The number of benzene rings is 1. The molecule has 1 aromatic carbocycles. The lowest BCUT2D eigenvalue weighted by atomic mass is 10.0. The molecule has 130 valence electrons. The lowest BCUT2D eigenvalue weighted by Crippen LogP contribution is -2.21. The van der Waals surface area contributed by atoms with E-state index in [1.54, 1.807) is 31.8 Å². The zero-order valence-electron chi connectivity index (χ0n) is 14.4. The summed E-state index contributed by atoms with van der Waals surface area (Å²) in [6.07, 6.45) is 0.660. The van der Waals surface area contributed by atoms with Crippen molar-refractivity contribution in [2.24, 2.45) is 7.05 Å². The van der Waals surface area contributed by atoms with Crippen molar-refractivity contribution in [3.63, 3.8) is 0 Å². The second-order valence-corrected chi connectivity index (χ2v) is 5.84. The number of pyridine rings is 1. The minimum absolute atomic E-state index is 0.269. The van der Waals surface area contributed by atoms with Crippen molar-refractivity contribution in [2.45, 2.75) is 13.3 Å². The van der Waals surface area contributed by atoms with Gasteiger partial charge in [0.1, 0.15) is 5.82 Å². The first-order valence-electron chi connectivity index (χ1n) is 7.96. The highest BCUT2D eigenvalue weighted by atomic mass is 16.5. The first-order chi connectivity index (χ1) is 12.0. The summed E-state index contributed by atoms with van der Waals surface area (Å²) in [6, 6.07) is 9.06. The van der Waals surface area contributed by atoms with Gasteiger partial charge in [0.15, 0.2) is 0 Å². The predicted molar refractivity (Wildman–Crippen MR) is 96.0 cm³/mol. The number of amides is 1. The summed E-state index contributed by atoms with van der Waals surface area (Å²) in [6.45, 7) is 2.20. The van der Waals surface area contributed by atoms with E-state index in [1.165, 1.54) is 0 Å². The highest BCUT2D eigenvalue weighted by Gasteiger charge is 2.18. The summed E-state index contributed by atoms with van der Waals surface area (Å²) in [5.41, 5.74) is 1.95. The number of anilines is 1. The zero-order chi connectivity index (χ0) is 18.0. The summed E-state index contributed by atoms with van der Waals surface area (Å²) in [7, 11) is 3.39. The van der Waals surface area contributed by atoms with Crippen LogP contribution in [0.4, 0.5) is 5.82 Å². The van der Waals surface area contributed by atoms with Crippen LogP contribution in [0.2, 0.25) is 0 Å². The van der Waals surface area contributed by atoms with Gasteiger partial charge in [-0.05, 0) is 13.0 Å². The maximum absolute atomic E-state index is 12.8. The molecule has 3 aromatic rings. The Morgan fingerprint density at radius 2 is 2.12 bits per heavy atom. The number of methoxy groups -OCH3 is 1. The second-order valence-electron chi connectivity index (χ2n) is 5.84. The largest absolute Gasteiger partial charge is 0.384 e. The van der Waals surface area contributed by atoms with Crippen LogP contribution in [0.15, 0.2) is 35.1 Å². The number of H-pyrrole nitrogens is 1. The third-order valence-electron chi connectivity index (χ3n) is 4.12. The van der Waals surface area contributed by atoms with E-state index in [1.807, 2.05) is 24.3 Å². The monoisotopic (exact) mass is 340 g/mol. The number of fused-ring (bicyclic) bond motifs is 1. The Morgan fingerprint density at radius 3 is 2.88 bits per heavy atom. The van der Waals surface area contributed by atoms with Crippen molar-refractivity contribution < 1.29 is 9.53 Å². The van der Waals surface area contributed by atoms with Crippen LogP contribution in [0.5, 0.6) is 0 Å². The highest BCUT2D eigenvalue weighted by Crippen LogP contribution is 2.20. The van der Waals surface area contributed by atoms with Gasteiger partial charge in [0, 0.05) is 43.1 Å². The van der Waals surface area contributed by atoms with Crippen molar-refractivity contribution in [1.29, 1.82) is 0 Å². The maximum atomic E-state index is 12.8. The molecule has 3 rings (SSSR count). The highest BCUT2D eigenvalue weighted by molar-refractivity contribution is 6.13. The van der Waals surface area contributed by atoms with Gasteiger partial charge in [0.2, 0.25) is 0 Å². The Bertz CT molecular complexity index is 988. The van der Waals surface area contributed by atoms with Gasteiger partial charge < -0.3 is 15.0 Å². The molecule has 25 heavy (non-hydrogen) atoms. The van der Waals surface area contributed by atoms with Crippen molar-refractivity contribution >= 4 is 22.6 Å². The van der Waals surface area contributed by atoms with E-state index in [4.69, 9.17) is 4.74 Å². The number of hydrogen-bond acceptors (Lipinski definition) is 4. The van der Waals surface area contributed by atoms with Crippen LogP contribution >= 0.6 is 0 Å². The van der Waals surface area contributed by atoms with Crippen LogP contribution in [0.3, 0.4) is 0 Å². The third-order valence-corrected chi connectivity index (χ3v) is 4.12. The van der Waals surface area contributed by atoms with E-state index in [9.17, 15) is 9.59 Å². The topological polar surface area (TPSA) is 89.0 Å². The smallest absolute Gasteiger partial charge is 0.257 e. The van der Waals surface area contributed by atoms with Crippen LogP contribution in [-0.2, 0) is 18.2 Å². The molecule has 0 saturated heterocycles. The molecule has 0 spiro atoms. The number of aromatic amines is 1. The van der Waals surface area contributed by atoms with E-state index < -0.39 is 0 Å². The number of nitrogens with one attached hydrogen (secondary N) is 2. The van der Waals surface area contributed by atoms with E-state index in [-0.39, 0.29) is 11.5 Å². The Morgan fingerprint density at radius 1 is 1.36 bits per heavy atom. The number of aryl methyl sites for hydroxylation is 1. The number of carbonyl (C=O) groups excluding carboxylic acids is 1. The molecule has 2 aromatic heterocycles. The molecule has 2 heterocycles. The van der Waals surface area contributed by atoms with Crippen molar-refractivity contribution in [3.8, 4) is 0 Å². The second kappa shape index (κ2) is 6.90. The van der Waals surface area contributed by atoms with Crippen molar-refractivity contribution in [3.05, 3.63) is 57.5 Å². The molecule has 7 heteroatoms. The van der Waals surface area contributed by atoms with Crippen molar-refractivity contribution in [1.82, 2.24) is 14.8 Å². The molecular formula is C18H20N4O3. The Kier molecular flexibility index (Phi) is 4.67. The van der Waals surface area contributed by atoms with Gasteiger partial charge in [-0.15, -0.1) is 0 Å². The normalized spacial score (nSPS) is 11.0. The molecule has 0 saturated carbocycles. The fourth-order valence-electron chi connectivity index (χ4n) is 2.79. The minimum Gasteiger partial charge on any atom is -0.384 e. The molecule has 7 nitrogen and oxygen atoms in total. The summed E-state index contributed by atoms with van der Waals surface area (Å²) >= 11 is 0. The summed E-state index contributed by atoms with van der Waals surface area (Å²) in [5, 5.41) is 7.91. The first kappa shape index (κ1) is 16.9. The molecule has 2 N–H and O–H groups in total. The van der Waals surface area contributed by atoms with Crippen LogP contribution in [-0.4, -0.2) is 34.4 Å². The molecule has 0 aliphatic rings. The number of nitrogens with zero attached hydrogens (tertiary/aromatic N) is 2. The lowest BCUT2D eigenvalue weighted by Gasteiger charge is -2.10. The maximum Gasteiger partial charge on any atom is 0.257 e. The summed E-state index contributed by atoms with van der Waals surface area (Å²) < 4.78 is 6.65. The van der Waals surface area contributed by atoms with Crippen LogP contribution in [0.25, 0.3) is 10.9 Å². The molecular weight excluding hydrogens is 320 g/mol. The molecule has 1 amide bonds. The fraction of sp³-hybridized carbons (Fsp3) is 0.278. The first-order valence-corrected chi connectivity index (χ1v) is 7.96. The van der Waals surface area contributed by atoms with E-state index in [2.05, 4.69) is 15.4 Å². The van der Waals surface area contributed by atoms with Crippen LogP contribution in [0.1, 0.15) is 21.6 Å². The van der Waals surface area contributed by atoms with E-state index >= 15 is 0 Å². The number of rotatable bonds is 5. The summed E-state index contributed by atoms with van der Waals surface area (Å²) in [4.78, 5) is 27.8. The zero-order valence-corrected chi connectivity index (χ0v) is 14.4. The average Bonchev–Trinajstić information content (AvgIpc) is 2.93. The number of aromatic nitrogens is 3. The Balaban J connectivity index is 1.97. The number of ether oxygens (including phenoxy) is 1. The van der Waals surface area contributed by atoms with E-state index in [0.717, 1.165) is 5.69 Å². The molecule has 0 aliphatic heterocycles. The van der Waals surface area contributed by atoms with Gasteiger partial charge in [0.25, 0.3) is 11.5 Å². The number of carbonyl (C=O) groups is 1. The Labute approximate surface area is 144 Å². The average molecular weight is 340 g/mol. The molecule has 0 unspecified atom stereocenters. The third kappa shape index (κ3) is 3.32. The van der Waals surface area contributed by atoms with Crippen LogP contribution < -0.4 is 10.9 Å². The van der Waals surface area contributed by atoms with Gasteiger partial charge in [-0.1, -0.05) is 18.2 Å². The fourth-order valence-corrected chi connectivity index (χ4v) is 2.79. The number of para-hydroxylation sites is 1. The Hall–Kier alpha value is -2.93. The summed E-state index contributed by atoms with van der Waals surface area (Å²) in [5.74, 6) is 0.237. The quantitative estimate of drug-likeness (QED) is 0.743. The molecule has 0 fully saturated rings. The SMILES string of the molecule is COCCc1cc(NC(=O)c2c(C)c(=O)[nH]c3ccccc23)n(C)n1. The van der Waals surface area contributed by atoms with Gasteiger partial charge >= 0.3 is 0 Å². The predicted octanol–water partition coefficient (Wildman–Crippen LogP) is 2.01. The standard InChI is InChI=1S/C18H20N4O3/c1-11-16(13-6-4-5-7-14(13)19-17(11)23)18(24)20-15-10-12(8-9-25-3)21-22(15)2/h4-7,10H,8-9H2,1-3H3,(H,19,23)(H,20,24). The van der Waals surface area contributed by atoms with Gasteiger partial charge in [-0.3, -0.25) is 14.3 Å².